The molecule has 0 N–H and O–H groups in total. The number of benzene rings is 3. The predicted octanol–water partition coefficient (Wildman–Crippen LogP) is 5.46. The Morgan fingerprint density at radius 3 is 2.22 bits per heavy atom. The number of carbonyl (C=O) groups is 2. The number of para-hydroxylation sites is 2. The molecular weight excluding hydrogens is 528 g/mol. The summed E-state index contributed by atoms with van der Waals surface area (Å²) in [6.07, 6.45) is 0. The lowest BCUT2D eigenvalue weighted by molar-refractivity contribution is 0.0549. The molecule has 0 unspecified atom stereocenters. The third-order valence-corrected chi connectivity index (χ3v) is 6.21. The highest BCUT2D eigenvalue weighted by Crippen LogP contribution is 2.41. The summed E-state index contributed by atoms with van der Waals surface area (Å²) in [6.45, 7) is 0.214. The number of aromatic nitrogens is 2. The molecule has 0 amide bonds. The Morgan fingerprint density at radius 1 is 0.861 bits per heavy atom. The maximum Gasteiger partial charge on any atom is 0.357 e. The normalized spacial score (nSPS) is 10.6. The van der Waals surface area contributed by atoms with Gasteiger partial charge < -0.3 is 18.9 Å². The molecule has 9 heteroatoms. The lowest BCUT2D eigenvalue weighted by Gasteiger charge is -2.15. The molecule has 4 rings (SSSR count). The largest absolute Gasteiger partial charge is 0.493 e. The molecule has 0 fully saturated rings. The Kier molecular flexibility index (Phi) is 7.70. The second-order valence-electron chi connectivity index (χ2n) is 7.52. The van der Waals surface area contributed by atoms with Crippen molar-refractivity contribution in [2.24, 2.45) is 0 Å². The molecule has 0 bridgehead atoms. The Hall–Kier alpha value is -4.11. The molecular formula is C27H23BrN2O6. The van der Waals surface area contributed by atoms with Crippen molar-refractivity contribution in [2.75, 3.05) is 21.3 Å². The van der Waals surface area contributed by atoms with Crippen LogP contribution in [0.15, 0.2) is 77.3 Å². The van der Waals surface area contributed by atoms with Gasteiger partial charge in [0.1, 0.15) is 17.9 Å². The Bertz CT molecular complexity index is 1400. The number of hydrogen-bond donors (Lipinski definition) is 0. The summed E-state index contributed by atoms with van der Waals surface area (Å²) in [7, 11) is 4.00. The predicted molar refractivity (Wildman–Crippen MR) is 137 cm³/mol. The highest BCUT2D eigenvalue weighted by atomic mass is 79.9. The van der Waals surface area contributed by atoms with Gasteiger partial charge in [0.05, 0.1) is 27.0 Å². The van der Waals surface area contributed by atoms with Crippen molar-refractivity contribution in [1.29, 1.82) is 0 Å². The highest BCUT2D eigenvalue weighted by molar-refractivity contribution is 9.10. The molecule has 8 nitrogen and oxygen atoms in total. The summed E-state index contributed by atoms with van der Waals surface area (Å²) in [6, 6.07) is 21.9. The zero-order chi connectivity index (χ0) is 25.7. The van der Waals surface area contributed by atoms with Gasteiger partial charge in [0.25, 0.3) is 0 Å². The van der Waals surface area contributed by atoms with Crippen molar-refractivity contribution in [2.45, 2.75) is 6.61 Å². The standard InChI is InChI=1S/C27H23BrN2O6/c1-33-21-15-9-13-19(25(21)36-16-17-10-7-8-14-20(17)28)23-22(26(31)34-2)24(27(32)35-3)30(29-23)18-11-5-4-6-12-18/h4-15H,16H2,1-3H3. The van der Waals surface area contributed by atoms with Crippen LogP contribution in [0, 0.1) is 0 Å². The summed E-state index contributed by atoms with van der Waals surface area (Å²) < 4.78 is 24.1. The summed E-state index contributed by atoms with van der Waals surface area (Å²) in [4.78, 5) is 25.9. The fraction of sp³-hybridized carbons (Fsp3) is 0.148. The number of halogens is 1. The zero-order valence-corrected chi connectivity index (χ0v) is 21.4. The van der Waals surface area contributed by atoms with E-state index in [1.165, 1.54) is 26.0 Å². The van der Waals surface area contributed by atoms with Gasteiger partial charge in [0.2, 0.25) is 0 Å². The van der Waals surface area contributed by atoms with Crippen LogP contribution in [-0.4, -0.2) is 43.0 Å². The molecule has 0 aliphatic heterocycles. The summed E-state index contributed by atoms with van der Waals surface area (Å²) >= 11 is 3.53. The minimum atomic E-state index is -0.743. The first-order valence-electron chi connectivity index (χ1n) is 10.9. The second kappa shape index (κ2) is 11.1. The third kappa shape index (κ3) is 4.83. The van der Waals surface area contributed by atoms with Gasteiger partial charge in [0.15, 0.2) is 17.2 Å². The van der Waals surface area contributed by atoms with Crippen LogP contribution in [0.25, 0.3) is 16.9 Å². The molecule has 3 aromatic carbocycles. The molecule has 184 valence electrons. The van der Waals surface area contributed by atoms with Crippen LogP contribution in [0.5, 0.6) is 11.5 Å². The Morgan fingerprint density at radius 2 is 1.56 bits per heavy atom. The quantitative estimate of drug-likeness (QED) is 0.269. The van der Waals surface area contributed by atoms with E-state index < -0.39 is 11.9 Å². The van der Waals surface area contributed by atoms with Crippen LogP contribution in [0.4, 0.5) is 0 Å². The summed E-state index contributed by atoms with van der Waals surface area (Å²) in [5.74, 6) is -0.692. The maximum absolute atomic E-state index is 13.0. The molecule has 0 saturated heterocycles. The number of hydrogen-bond acceptors (Lipinski definition) is 7. The van der Waals surface area contributed by atoms with E-state index in [1.54, 1.807) is 42.5 Å². The maximum atomic E-state index is 13.0. The number of rotatable bonds is 8. The lowest BCUT2D eigenvalue weighted by atomic mass is 10.0. The van der Waals surface area contributed by atoms with E-state index in [1.807, 2.05) is 30.3 Å². The molecule has 0 aliphatic carbocycles. The van der Waals surface area contributed by atoms with Crippen molar-refractivity contribution < 1.29 is 28.5 Å². The molecule has 0 saturated carbocycles. The summed E-state index contributed by atoms with van der Waals surface area (Å²) in [5, 5.41) is 4.67. The monoisotopic (exact) mass is 550 g/mol. The number of ether oxygens (including phenoxy) is 4. The second-order valence-corrected chi connectivity index (χ2v) is 8.37. The van der Waals surface area contributed by atoms with E-state index in [0.717, 1.165) is 10.0 Å². The first kappa shape index (κ1) is 25.0. The van der Waals surface area contributed by atoms with Gasteiger partial charge in [0, 0.05) is 15.6 Å². The smallest absolute Gasteiger partial charge is 0.357 e. The van der Waals surface area contributed by atoms with E-state index >= 15 is 0 Å². The minimum Gasteiger partial charge on any atom is -0.493 e. The van der Waals surface area contributed by atoms with E-state index in [0.29, 0.717) is 22.7 Å². The SMILES string of the molecule is COC(=O)c1c(-c2cccc(OC)c2OCc2ccccc2Br)nn(-c2ccccc2)c1C(=O)OC. The fourth-order valence-electron chi connectivity index (χ4n) is 3.72. The van der Waals surface area contributed by atoms with Crippen LogP contribution in [0.2, 0.25) is 0 Å². The number of nitrogens with zero attached hydrogens (tertiary/aromatic N) is 2. The van der Waals surface area contributed by atoms with Crippen LogP contribution in [0.1, 0.15) is 26.4 Å². The molecule has 0 radical (unpaired) electrons. The number of methoxy groups -OCH3 is 3. The van der Waals surface area contributed by atoms with Gasteiger partial charge in [-0.25, -0.2) is 14.3 Å². The fourth-order valence-corrected chi connectivity index (χ4v) is 4.12. The van der Waals surface area contributed by atoms with Gasteiger partial charge in [-0.1, -0.05) is 58.4 Å². The van der Waals surface area contributed by atoms with E-state index in [2.05, 4.69) is 21.0 Å². The van der Waals surface area contributed by atoms with Crippen LogP contribution < -0.4 is 9.47 Å². The van der Waals surface area contributed by atoms with Gasteiger partial charge in [-0.15, -0.1) is 0 Å². The topological polar surface area (TPSA) is 88.9 Å². The van der Waals surface area contributed by atoms with Crippen LogP contribution in [0.3, 0.4) is 0 Å². The first-order chi connectivity index (χ1) is 17.5. The van der Waals surface area contributed by atoms with Gasteiger partial charge in [-0.2, -0.15) is 5.10 Å². The van der Waals surface area contributed by atoms with Crippen molar-refractivity contribution >= 4 is 27.9 Å². The van der Waals surface area contributed by atoms with Crippen LogP contribution >= 0.6 is 15.9 Å². The van der Waals surface area contributed by atoms with Gasteiger partial charge in [-0.05, 0) is 30.3 Å². The van der Waals surface area contributed by atoms with E-state index in [9.17, 15) is 9.59 Å². The van der Waals surface area contributed by atoms with Crippen molar-refractivity contribution in [3.63, 3.8) is 0 Å². The molecule has 0 aliphatic rings. The zero-order valence-electron chi connectivity index (χ0n) is 19.9. The molecule has 0 spiro atoms. The number of carbonyl (C=O) groups excluding carboxylic acids is 2. The minimum absolute atomic E-state index is 0.0489. The van der Waals surface area contributed by atoms with E-state index in [-0.39, 0.29) is 23.6 Å². The first-order valence-corrected chi connectivity index (χ1v) is 11.7. The average Bonchev–Trinajstić information content (AvgIpc) is 3.32. The third-order valence-electron chi connectivity index (χ3n) is 5.44. The highest BCUT2D eigenvalue weighted by Gasteiger charge is 2.33. The van der Waals surface area contributed by atoms with Crippen molar-refractivity contribution in [3.8, 4) is 28.4 Å². The lowest BCUT2D eigenvalue weighted by Crippen LogP contribution is -2.15. The van der Waals surface area contributed by atoms with Gasteiger partial charge in [-0.3, -0.25) is 0 Å². The average molecular weight is 551 g/mol. The molecule has 0 atom stereocenters. The van der Waals surface area contributed by atoms with Crippen LogP contribution in [-0.2, 0) is 16.1 Å². The van der Waals surface area contributed by atoms with Crippen molar-refractivity contribution in [3.05, 3.63) is 94.1 Å². The molecule has 1 aromatic heterocycles. The van der Waals surface area contributed by atoms with E-state index in [4.69, 9.17) is 18.9 Å². The van der Waals surface area contributed by atoms with Gasteiger partial charge >= 0.3 is 11.9 Å². The summed E-state index contributed by atoms with van der Waals surface area (Å²) in [5.41, 5.74) is 1.99. The Balaban J connectivity index is 1.95. The molecule has 4 aromatic rings. The Labute approximate surface area is 216 Å². The van der Waals surface area contributed by atoms with Crippen molar-refractivity contribution in [1.82, 2.24) is 9.78 Å². The number of esters is 2. The molecule has 36 heavy (non-hydrogen) atoms. The molecule has 1 heterocycles.